The molecule has 0 atom stereocenters. The largest absolute Gasteiger partial charge is 0.465 e. The van der Waals surface area contributed by atoms with Gasteiger partial charge in [0.25, 0.3) is 0 Å². The van der Waals surface area contributed by atoms with Crippen molar-refractivity contribution in [2.75, 3.05) is 0 Å². The van der Waals surface area contributed by atoms with Gasteiger partial charge in [0.1, 0.15) is 10.8 Å². The molecule has 0 saturated heterocycles. The van der Waals surface area contributed by atoms with Crippen molar-refractivity contribution in [3.05, 3.63) is 35.0 Å². The van der Waals surface area contributed by atoms with Crippen LogP contribution < -0.4 is 0 Å². The van der Waals surface area contributed by atoms with Gasteiger partial charge in [-0.05, 0) is 30.7 Å². The van der Waals surface area contributed by atoms with Crippen molar-refractivity contribution in [3.8, 4) is 0 Å². The van der Waals surface area contributed by atoms with Gasteiger partial charge in [-0.3, -0.25) is 0 Å². The maximum absolute atomic E-state index is 5.23. The quantitative estimate of drug-likeness (QED) is 0.723. The van der Waals surface area contributed by atoms with Crippen molar-refractivity contribution in [1.82, 2.24) is 19.8 Å². The number of furan rings is 1. The topological polar surface area (TPSA) is 56.2 Å². The molecule has 92 valence electrons. The van der Waals surface area contributed by atoms with Gasteiger partial charge in [-0.2, -0.15) is 9.61 Å². The molecular formula is C12H12N4OS. The van der Waals surface area contributed by atoms with E-state index in [4.69, 9.17) is 4.42 Å². The van der Waals surface area contributed by atoms with Crippen molar-refractivity contribution in [1.29, 1.82) is 0 Å². The van der Waals surface area contributed by atoms with Gasteiger partial charge in [0, 0.05) is 6.42 Å². The van der Waals surface area contributed by atoms with Crippen LogP contribution in [0, 0.1) is 0 Å². The van der Waals surface area contributed by atoms with Gasteiger partial charge in [-0.15, -0.1) is 10.2 Å². The summed E-state index contributed by atoms with van der Waals surface area (Å²) >= 11 is 1.52. The number of fused-ring (bicyclic) bond motifs is 1. The lowest BCUT2D eigenvalue weighted by Gasteiger charge is -1.89. The Morgan fingerprint density at radius 1 is 1.39 bits per heavy atom. The van der Waals surface area contributed by atoms with Crippen molar-refractivity contribution in [3.63, 3.8) is 0 Å². The lowest BCUT2D eigenvalue weighted by atomic mass is 10.3. The van der Waals surface area contributed by atoms with Gasteiger partial charge in [-0.1, -0.05) is 18.3 Å². The lowest BCUT2D eigenvalue weighted by Crippen LogP contribution is -1.94. The fourth-order valence-electron chi connectivity index (χ4n) is 1.66. The van der Waals surface area contributed by atoms with E-state index in [1.54, 1.807) is 6.26 Å². The van der Waals surface area contributed by atoms with Gasteiger partial charge in [0.05, 0.1) is 6.26 Å². The summed E-state index contributed by atoms with van der Waals surface area (Å²) in [6, 6.07) is 3.76. The Morgan fingerprint density at radius 2 is 2.33 bits per heavy atom. The highest BCUT2D eigenvalue weighted by Gasteiger charge is 2.09. The zero-order chi connectivity index (χ0) is 12.4. The van der Waals surface area contributed by atoms with E-state index in [2.05, 4.69) is 22.2 Å². The predicted molar refractivity (Wildman–Crippen MR) is 70.3 cm³/mol. The summed E-state index contributed by atoms with van der Waals surface area (Å²) in [4.78, 5) is 0.831. The van der Waals surface area contributed by atoms with Crippen LogP contribution >= 0.6 is 11.3 Å². The third-order valence-corrected chi connectivity index (χ3v) is 3.34. The number of aryl methyl sites for hydroxylation is 1. The second-order valence-corrected chi connectivity index (χ2v) is 4.84. The van der Waals surface area contributed by atoms with Crippen molar-refractivity contribution in [2.45, 2.75) is 19.8 Å². The summed E-state index contributed by atoms with van der Waals surface area (Å²) in [7, 11) is 0. The monoisotopic (exact) mass is 260 g/mol. The molecule has 0 saturated carbocycles. The molecule has 0 aliphatic rings. The first kappa shape index (κ1) is 11.2. The molecule has 0 aliphatic carbocycles. The maximum atomic E-state index is 5.23. The molecule has 0 spiro atoms. The molecule has 3 aromatic rings. The standard InChI is InChI=1S/C12H12N4OS/c1-2-4-10-13-14-12-16(10)15-11(18-12)7-6-9-5-3-8-17-9/h3,5-8H,2,4H2,1H3. The normalized spacial score (nSPS) is 11.8. The number of rotatable bonds is 4. The van der Waals surface area contributed by atoms with Crippen LogP contribution in [0.5, 0.6) is 0 Å². The molecule has 0 aliphatic heterocycles. The Morgan fingerprint density at radius 3 is 3.11 bits per heavy atom. The molecule has 0 aromatic carbocycles. The molecule has 0 radical (unpaired) electrons. The minimum Gasteiger partial charge on any atom is -0.465 e. The number of nitrogens with zero attached hydrogens (tertiary/aromatic N) is 4. The van der Waals surface area contributed by atoms with Crippen LogP contribution in [-0.4, -0.2) is 19.8 Å². The molecule has 6 heteroatoms. The molecule has 0 N–H and O–H groups in total. The zero-order valence-corrected chi connectivity index (χ0v) is 10.7. The van der Waals surface area contributed by atoms with Crippen LogP contribution in [-0.2, 0) is 6.42 Å². The third-order valence-electron chi connectivity index (χ3n) is 2.48. The summed E-state index contributed by atoms with van der Waals surface area (Å²) in [6.45, 7) is 2.12. The molecular weight excluding hydrogens is 248 g/mol. The Bertz CT molecular complexity index is 665. The average Bonchev–Trinajstić information content (AvgIpc) is 3.04. The summed E-state index contributed by atoms with van der Waals surface area (Å²) in [5.41, 5.74) is 0. The van der Waals surface area contributed by atoms with Crippen LogP contribution in [0.1, 0.15) is 29.9 Å². The van der Waals surface area contributed by atoms with E-state index in [1.165, 1.54) is 11.3 Å². The summed E-state index contributed by atoms with van der Waals surface area (Å²) in [5.74, 6) is 1.73. The Labute approximate surface area is 108 Å². The van der Waals surface area contributed by atoms with Crippen LogP contribution in [0.4, 0.5) is 0 Å². The van der Waals surface area contributed by atoms with Crippen LogP contribution in [0.3, 0.4) is 0 Å². The SMILES string of the molecule is CCCc1nnc2sc(C=Cc3ccco3)nn12. The highest BCUT2D eigenvalue weighted by Crippen LogP contribution is 2.17. The van der Waals surface area contributed by atoms with E-state index < -0.39 is 0 Å². The second-order valence-electron chi connectivity index (χ2n) is 3.85. The van der Waals surface area contributed by atoms with Crippen LogP contribution in [0.2, 0.25) is 0 Å². The fraction of sp³-hybridized carbons (Fsp3) is 0.250. The molecule has 3 aromatic heterocycles. The van der Waals surface area contributed by atoms with Crippen LogP contribution in [0.15, 0.2) is 22.8 Å². The van der Waals surface area contributed by atoms with Crippen LogP contribution in [0.25, 0.3) is 17.1 Å². The maximum Gasteiger partial charge on any atom is 0.234 e. The zero-order valence-electron chi connectivity index (χ0n) is 9.91. The molecule has 3 heterocycles. The Hall–Kier alpha value is -1.95. The van der Waals surface area contributed by atoms with E-state index in [1.807, 2.05) is 28.8 Å². The van der Waals surface area contributed by atoms with E-state index >= 15 is 0 Å². The van der Waals surface area contributed by atoms with E-state index in [-0.39, 0.29) is 0 Å². The summed E-state index contributed by atoms with van der Waals surface area (Å²) in [6.07, 6.45) is 7.40. The van der Waals surface area contributed by atoms with Crippen molar-refractivity contribution < 1.29 is 4.42 Å². The molecule has 3 rings (SSSR count). The second kappa shape index (κ2) is 4.73. The van der Waals surface area contributed by atoms with Gasteiger partial charge in [0.15, 0.2) is 5.82 Å². The highest BCUT2D eigenvalue weighted by molar-refractivity contribution is 7.17. The van der Waals surface area contributed by atoms with E-state index in [0.29, 0.717) is 0 Å². The smallest absolute Gasteiger partial charge is 0.234 e. The van der Waals surface area contributed by atoms with Gasteiger partial charge in [0.2, 0.25) is 4.96 Å². The van der Waals surface area contributed by atoms with Crippen molar-refractivity contribution in [2.24, 2.45) is 0 Å². The predicted octanol–water partition coefficient (Wildman–Crippen LogP) is 2.90. The van der Waals surface area contributed by atoms with Gasteiger partial charge in [-0.25, -0.2) is 0 Å². The highest BCUT2D eigenvalue weighted by atomic mass is 32.1. The fourth-order valence-corrected chi connectivity index (χ4v) is 2.42. The first-order chi connectivity index (χ1) is 8.86. The number of aromatic nitrogens is 4. The molecule has 18 heavy (non-hydrogen) atoms. The Balaban J connectivity index is 1.89. The van der Waals surface area contributed by atoms with Crippen molar-refractivity contribution >= 4 is 28.4 Å². The average molecular weight is 260 g/mol. The molecule has 0 unspecified atom stereocenters. The summed E-state index contributed by atoms with van der Waals surface area (Å²) < 4.78 is 7.04. The number of hydrogen-bond acceptors (Lipinski definition) is 5. The molecule has 0 bridgehead atoms. The lowest BCUT2D eigenvalue weighted by molar-refractivity contribution is 0.557. The van der Waals surface area contributed by atoms with Gasteiger partial charge >= 0.3 is 0 Å². The molecule has 0 amide bonds. The molecule has 0 fully saturated rings. The molecule has 5 nitrogen and oxygen atoms in total. The first-order valence-corrected chi connectivity index (χ1v) is 6.61. The Kier molecular flexibility index (Phi) is 2.93. The summed E-state index contributed by atoms with van der Waals surface area (Å²) in [5, 5.41) is 13.6. The minimum atomic E-state index is 0.815. The third kappa shape index (κ3) is 2.06. The van der Waals surface area contributed by atoms with E-state index in [9.17, 15) is 0 Å². The van der Waals surface area contributed by atoms with E-state index in [0.717, 1.165) is 34.4 Å². The minimum absolute atomic E-state index is 0.815. The number of hydrogen-bond donors (Lipinski definition) is 0. The van der Waals surface area contributed by atoms with Gasteiger partial charge < -0.3 is 4.42 Å². The first-order valence-electron chi connectivity index (χ1n) is 5.79.